The Morgan fingerprint density at radius 2 is 2.09 bits per heavy atom. The van der Waals surface area contributed by atoms with Crippen LogP contribution in [-0.2, 0) is 4.79 Å². The summed E-state index contributed by atoms with van der Waals surface area (Å²) < 4.78 is 18.4. The molecule has 0 spiro atoms. The summed E-state index contributed by atoms with van der Waals surface area (Å²) in [6.07, 6.45) is 0.894. The number of carbonyl (C=O) groups excluding carboxylic acids is 1. The lowest BCUT2D eigenvalue weighted by atomic mass is 10.2. The first kappa shape index (κ1) is 16.2. The molecule has 1 aromatic carbocycles. The number of nitrogens with zero attached hydrogens (tertiary/aromatic N) is 1. The molecule has 0 bridgehead atoms. The minimum Gasteiger partial charge on any atom is -0.479 e. The van der Waals surface area contributed by atoms with Crippen molar-refractivity contribution in [1.29, 1.82) is 0 Å². The second-order valence-corrected chi connectivity index (χ2v) is 5.23. The van der Waals surface area contributed by atoms with Crippen LogP contribution in [-0.4, -0.2) is 17.0 Å². The minimum atomic E-state index is -0.769. The number of hydrogen-bond acceptors (Lipinski definition) is 3. The molecular formula is C16H16ClFN2O2. The monoisotopic (exact) mass is 322 g/mol. The molecule has 22 heavy (non-hydrogen) atoms. The molecular weight excluding hydrogens is 307 g/mol. The maximum atomic E-state index is 13.0. The number of benzene rings is 1. The minimum absolute atomic E-state index is 0.123. The first-order chi connectivity index (χ1) is 10.5. The van der Waals surface area contributed by atoms with E-state index < -0.39 is 11.9 Å². The van der Waals surface area contributed by atoms with Gasteiger partial charge in [0.05, 0.1) is 16.8 Å². The van der Waals surface area contributed by atoms with E-state index in [-0.39, 0.29) is 22.7 Å². The number of hydrogen-bond donors (Lipinski definition) is 1. The van der Waals surface area contributed by atoms with Gasteiger partial charge in [0.15, 0.2) is 6.10 Å². The van der Waals surface area contributed by atoms with E-state index in [1.54, 1.807) is 19.2 Å². The molecule has 0 fully saturated rings. The summed E-state index contributed by atoms with van der Waals surface area (Å²) in [5.41, 5.74) is 0.753. The molecule has 0 aliphatic rings. The van der Waals surface area contributed by atoms with Gasteiger partial charge in [-0.2, -0.15) is 0 Å². The van der Waals surface area contributed by atoms with Crippen LogP contribution < -0.4 is 10.1 Å². The maximum absolute atomic E-state index is 13.0. The van der Waals surface area contributed by atoms with E-state index in [1.807, 2.05) is 19.1 Å². The predicted molar refractivity (Wildman–Crippen MR) is 82.3 cm³/mol. The lowest BCUT2D eigenvalue weighted by molar-refractivity contribution is -0.127. The number of nitrogens with one attached hydrogen (secondary N) is 1. The molecule has 0 saturated heterocycles. The van der Waals surface area contributed by atoms with Crippen LogP contribution in [0.3, 0.4) is 0 Å². The zero-order valence-corrected chi connectivity index (χ0v) is 13.0. The standard InChI is InChI=1S/C16H16ClFN2O2/c1-10(14-5-3-4-8-19-14)20-16(21)11(2)22-15-7-6-12(18)9-13(15)17/h3-11H,1-2H3,(H,20,21)/t10-,11-/m1/s1. The van der Waals surface area contributed by atoms with Gasteiger partial charge < -0.3 is 10.1 Å². The lowest BCUT2D eigenvalue weighted by Crippen LogP contribution is -2.38. The van der Waals surface area contributed by atoms with Gasteiger partial charge in [0, 0.05) is 6.20 Å². The zero-order valence-electron chi connectivity index (χ0n) is 12.2. The first-order valence-electron chi connectivity index (χ1n) is 6.80. The molecule has 2 atom stereocenters. The van der Waals surface area contributed by atoms with Crippen molar-refractivity contribution in [3.63, 3.8) is 0 Å². The summed E-state index contributed by atoms with van der Waals surface area (Å²) in [5.74, 6) is -0.507. The molecule has 1 amide bonds. The predicted octanol–water partition coefficient (Wildman–Crippen LogP) is 3.52. The van der Waals surface area contributed by atoms with Gasteiger partial charge in [0.25, 0.3) is 5.91 Å². The Kier molecular flexibility index (Phi) is 5.33. The Hall–Kier alpha value is -2.14. The van der Waals surface area contributed by atoms with Crippen LogP contribution >= 0.6 is 11.6 Å². The Bertz CT molecular complexity index is 652. The number of pyridine rings is 1. The van der Waals surface area contributed by atoms with Crippen LogP contribution in [0.1, 0.15) is 25.6 Å². The van der Waals surface area contributed by atoms with Crippen molar-refractivity contribution in [2.75, 3.05) is 0 Å². The Morgan fingerprint density at radius 3 is 2.73 bits per heavy atom. The van der Waals surface area contributed by atoms with Crippen LogP contribution in [0, 0.1) is 5.82 Å². The second kappa shape index (κ2) is 7.22. The Morgan fingerprint density at radius 1 is 1.32 bits per heavy atom. The van der Waals surface area contributed by atoms with Gasteiger partial charge >= 0.3 is 0 Å². The maximum Gasteiger partial charge on any atom is 0.261 e. The van der Waals surface area contributed by atoms with Gasteiger partial charge in [0.1, 0.15) is 11.6 Å². The van der Waals surface area contributed by atoms with Crippen molar-refractivity contribution in [3.05, 3.63) is 59.1 Å². The highest BCUT2D eigenvalue weighted by Gasteiger charge is 2.19. The van der Waals surface area contributed by atoms with E-state index in [0.717, 1.165) is 11.8 Å². The molecule has 1 aromatic heterocycles. The molecule has 116 valence electrons. The highest BCUT2D eigenvalue weighted by Crippen LogP contribution is 2.26. The van der Waals surface area contributed by atoms with Gasteiger partial charge in [-0.1, -0.05) is 17.7 Å². The van der Waals surface area contributed by atoms with Gasteiger partial charge in [-0.15, -0.1) is 0 Å². The van der Waals surface area contributed by atoms with Crippen LogP contribution in [0.25, 0.3) is 0 Å². The number of ether oxygens (including phenoxy) is 1. The SMILES string of the molecule is C[C@@H](Oc1ccc(F)cc1Cl)C(=O)N[C@H](C)c1ccccn1. The Labute approximate surface area is 133 Å². The van der Waals surface area contributed by atoms with E-state index in [1.165, 1.54) is 12.1 Å². The van der Waals surface area contributed by atoms with Crippen molar-refractivity contribution in [3.8, 4) is 5.75 Å². The van der Waals surface area contributed by atoms with Crippen molar-refractivity contribution in [1.82, 2.24) is 10.3 Å². The molecule has 4 nitrogen and oxygen atoms in total. The van der Waals surface area contributed by atoms with Crippen molar-refractivity contribution in [2.24, 2.45) is 0 Å². The number of amides is 1. The zero-order chi connectivity index (χ0) is 16.1. The molecule has 6 heteroatoms. The summed E-state index contributed by atoms with van der Waals surface area (Å²) in [4.78, 5) is 16.3. The van der Waals surface area contributed by atoms with Crippen molar-refractivity contribution in [2.45, 2.75) is 26.0 Å². The summed E-state index contributed by atoms with van der Waals surface area (Å²) in [6.45, 7) is 3.43. The van der Waals surface area contributed by atoms with Crippen LogP contribution in [0.2, 0.25) is 5.02 Å². The van der Waals surface area contributed by atoms with E-state index in [0.29, 0.717) is 0 Å². The summed E-state index contributed by atoms with van der Waals surface area (Å²) in [7, 11) is 0. The molecule has 0 radical (unpaired) electrons. The molecule has 0 unspecified atom stereocenters. The first-order valence-corrected chi connectivity index (χ1v) is 7.18. The quantitative estimate of drug-likeness (QED) is 0.916. The summed E-state index contributed by atoms with van der Waals surface area (Å²) in [6, 6.07) is 8.99. The highest BCUT2D eigenvalue weighted by molar-refractivity contribution is 6.32. The van der Waals surface area contributed by atoms with Crippen molar-refractivity contribution < 1.29 is 13.9 Å². The van der Waals surface area contributed by atoms with E-state index in [9.17, 15) is 9.18 Å². The second-order valence-electron chi connectivity index (χ2n) is 4.82. The summed E-state index contributed by atoms with van der Waals surface area (Å²) >= 11 is 5.87. The smallest absolute Gasteiger partial charge is 0.261 e. The fourth-order valence-corrected chi connectivity index (χ4v) is 2.06. The summed E-state index contributed by atoms with van der Waals surface area (Å²) in [5, 5.41) is 2.93. The third-order valence-corrected chi connectivity index (χ3v) is 3.35. The molecule has 1 N–H and O–H groups in total. The largest absolute Gasteiger partial charge is 0.479 e. The fraction of sp³-hybridized carbons (Fsp3) is 0.250. The van der Waals surface area contributed by atoms with Gasteiger partial charge in [0.2, 0.25) is 0 Å². The lowest BCUT2D eigenvalue weighted by Gasteiger charge is -2.19. The fourth-order valence-electron chi connectivity index (χ4n) is 1.85. The number of halogens is 2. The normalized spacial score (nSPS) is 13.3. The third kappa shape index (κ3) is 4.18. The molecule has 1 heterocycles. The van der Waals surface area contributed by atoms with Gasteiger partial charge in [-0.25, -0.2) is 4.39 Å². The van der Waals surface area contributed by atoms with E-state index in [4.69, 9.17) is 16.3 Å². The molecule has 0 aliphatic heterocycles. The van der Waals surface area contributed by atoms with Crippen molar-refractivity contribution >= 4 is 17.5 Å². The number of carbonyl (C=O) groups is 1. The average molecular weight is 323 g/mol. The highest BCUT2D eigenvalue weighted by atomic mass is 35.5. The number of rotatable bonds is 5. The van der Waals surface area contributed by atoms with Crippen LogP contribution in [0.5, 0.6) is 5.75 Å². The van der Waals surface area contributed by atoms with Gasteiger partial charge in [-0.05, 0) is 44.2 Å². The molecule has 0 saturated carbocycles. The van der Waals surface area contributed by atoms with E-state index in [2.05, 4.69) is 10.3 Å². The third-order valence-electron chi connectivity index (χ3n) is 3.06. The van der Waals surface area contributed by atoms with Crippen LogP contribution in [0.4, 0.5) is 4.39 Å². The topological polar surface area (TPSA) is 51.2 Å². The van der Waals surface area contributed by atoms with Gasteiger partial charge in [-0.3, -0.25) is 9.78 Å². The molecule has 2 rings (SSSR count). The molecule has 0 aliphatic carbocycles. The average Bonchev–Trinajstić information content (AvgIpc) is 2.50. The molecule has 2 aromatic rings. The Balaban J connectivity index is 1.97. The van der Waals surface area contributed by atoms with Crippen LogP contribution in [0.15, 0.2) is 42.6 Å². The van der Waals surface area contributed by atoms with E-state index >= 15 is 0 Å². The number of aromatic nitrogens is 1.